The molecule has 0 aromatic heterocycles. The van der Waals surface area contributed by atoms with Crippen LogP contribution in [0.4, 0.5) is 11.4 Å². The topological polar surface area (TPSA) is 120 Å². The number of rotatable bonds is 4. The molecule has 2 aromatic carbocycles. The van der Waals surface area contributed by atoms with E-state index in [0.29, 0.717) is 17.1 Å². The fourth-order valence-electron chi connectivity index (χ4n) is 2.35. The summed E-state index contributed by atoms with van der Waals surface area (Å²) >= 11 is 0. The Kier molecular flexibility index (Phi) is 4.70. The number of anilines is 1. The van der Waals surface area contributed by atoms with Crippen LogP contribution in [0.2, 0.25) is 0 Å². The number of benzene rings is 2. The summed E-state index contributed by atoms with van der Waals surface area (Å²) in [5.41, 5.74) is 1.38. The highest BCUT2D eigenvalue weighted by atomic mass is 16.7. The molecule has 2 amide bonds. The van der Waals surface area contributed by atoms with Crippen LogP contribution in [-0.4, -0.2) is 23.5 Å². The van der Waals surface area contributed by atoms with Gasteiger partial charge in [-0.15, -0.1) is 0 Å². The van der Waals surface area contributed by atoms with Gasteiger partial charge in [-0.25, -0.2) is 0 Å². The lowest BCUT2D eigenvalue weighted by atomic mass is 10.2. The van der Waals surface area contributed by atoms with E-state index in [2.05, 4.69) is 10.6 Å². The molecule has 1 heterocycles. The van der Waals surface area contributed by atoms with Gasteiger partial charge in [-0.05, 0) is 30.2 Å². The number of amides is 2. The molecular weight excluding hydrogens is 342 g/mol. The Morgan fingerprint density at radius 1 is 1.12 bits per heavy atom. The Balaban J connectivity index is 1.61. The minimum Gasteiger partial charge on any atom is -0.454 e. The van der Waals surface area contributed by atoms with E-state index in [-0.39, 0.29) is 24.7 Å². The van der Waals surface area contributed by atoms with E-state index in [1.165, 1.54) is 18.2 Å². The molecule has 1 aliphatic rings. The van der Waals surface area contributed by atoms with Crippen LogP contribution in [0.15, 0.2) is 36.4 Å². The van der Waals surface area contributed by atoms with Crippen molar-refractivity contribution in [3.05, 3.63) is 57.6 Å². The molecule has 0 aliphatic carbocycles. The van der Waals surface area contributed by atoms with Crippen LogP contribution in [0.25, 0.3) is 0 Å². The lowest BCUT2D eigenvalue weighted by Gasteiger charge is -2.09. The predicted molar refractivity (Wildman–Crippen MR) is 90.9 cm³/mol. The van der Waals surface area contributed by atoms with Gasteiger partial charge in [0.05, 0.1) is 10.6 Å². The number of non-ortho nitro benzene ring substituents is 1. The minimum absolute atomic E-state index is 0.122. The van der Waals surface area contributed by atoms with Crippen molar-refractivity contribution in [1.29, 1.82) is 0 Å². The SMILES string of the molecule is Cc1ccc([N+](=O)[O-])cc1NC(=O)C(=O)NCc1ccc2c(c1)OCO2. The maximum absolute atomic E-state index is 12.0. The van der Waals surface area contributed by atoms with Gasteiger partial charge in [0.1, 0.15) is 0 Å². The molecule has 0 saturated heterocycles. The number of fused-ring (bicyclic) bond motifs is 1. The number of hydrogen-bond acceptors (Lipinski definition) is 6. The molecule has 2 aromatic rings. The third-order valence-electron chi connectivity index (χ3n) is 3.78. The van der Waals surface area contributed by atoms with E-state index >= 15 is 0 Å². The first kappa shape index (κ1) is 17.2. The molecule has 3 rings (SSSR count). The Labute approximate surface area is 148 Å². The second kappa shape index (κ2) is 7.09. The highest BCUT2D eigenvalue weighted by Gasteiger charge is 2.18. The van der Waals surface area contributed by atoms with Crippen molar-refractivity contribution in [2.75, 3.05) is 12.1 Å². The minimum atomic E-state index is -0.908. The highest BCUT2D eigenvalue weighted by Crippen LogP contribution is 2.32. The van der Waals surface area contributed by atoms with Crippen molar-refractivity contribution in [3.63, 3.8) is 0 Å². The van der Waals surface area contributed by atoms with Crippen molar-refractivity contribution in [2.45, 2.75) is 13.5 Å². The normalized spacial score (nSPS) is 11.7. The number of nitrogens with zero attached hydrogens (tertiary/aromatic N) is 1. The molecule has 0 bridgehead atoms. The zero-order valence-electron chi connectivity index (χ0n) is 13.8. The molecule has 0 fully saturated rings. The van der Waals surface area contributed by atoms with Gasteiger partial charge < -0.3 is 20.1 Å². The van der Waals surface area contributed by atoms with E-state index in [9.17, 15) is 19.7 Å². The molecule has 0 spiro atoms. The molecule has 9 nitrogen and oxygen atoms in total. The largest absolute Gasteiger partial charge is 0.454 e. The molecule has 26 heavy (non-hydrogen) atoms. The summed E-state index contributed by atoms with van der Waals surface area (Å²) < 4.78 is 10.4. The molecule has 1 aliphatic heterocycles. The monoisotopic (exact) mass is 357 g/mol. The first-order valence-corrected chi connectivity index (χ1v) is 7.67. The maximum Gasteiger partial charge on any atom is 0.313 e. The van der Waals surface area contributed by atoms with Gasteiger partial charge in [-0.1, -0.05) is 12.1 Å². The summed E-state index contributed by atoms with van der Waals surface area (Å²) in [7, 11) is 0. The summed E-state index contributed by atoms with van der Waals surface area (Å²) in [6.07, 6.45) is 0. The van der Waals surface area contributed by atoms with E-state index in [1.807, 2.05) is 0 Å². The van der Waals surface area contributed by atoms with E-state index < -0.39 is 16.7 Å². The average molecular weight is 357 g/mol. The van der Waals surface area contributed by atoms with Gasteiger partial charge in [0.25, 0.3) is 5.69 Å². The van der Waals surface area contributed by atoms with Gasteiger partial charge in [0.15, 0.2) is 11.5 Å². The van der Waals surface area contributed by atoms with Crippen molar-refractivity contribution in [2.24, 2.45) is 0 Å². The molecular formula is C17H15N3O6. The third kappa shape index (κ3) is 3.72. The summed E-state index contributed by atoms with van der Waals surface area (Å²) in [6, 6.07) is 9.21. The quantitative estimate of drug-likeness (QED) is 0.490. The summed E-state index contributed by atoms with van der Waals surface area (Å²) in [5.74, 6) is -0.560. The fraction of sp³-hybridized carbons (Fsp3) is 0.176. The Morgan fingerprint density at radius 2 is 1.88 bits per heavy atom. The Hall–Kier alpha value is -3.62. The van der Waals surface area contributed by atoms with Gasteiger partial charge in [-0.2, -0.15) is 0 Å². The average Bonchev–Trinajstić information content (AvgIpc) is 3.08. The van der Waals surface area contributed by atoms with Crippen molar-refractivity contribution in [1.82, 2.24) is 5.32 Å². The zero-order valence-corrected chi connectivity index (χ0v) is 13.8. The second-order valence-corrected chi connectivity index (χ2v) is 5.58. The molecule has 2 N–H and O–H groups in total. The fourth-order valence-corrected chi connectivity index (χ4v) is 2.35. The van der Waals surface area contributed by atoms with Crippen molar-refractivity contribution < 1.29 is 24.0 Å². The number of hydrogen-bond donors (Lipinski definition) is 2. The lowest BCUT2D eigenvalue weighted by molar-refractivity contribution is -0.384. The van der Waals surface area contributed by atoms with Gasteiger partial charge >= 0.3 is 11.8 Å². The molecule has 0 saturated carbocycles. The van der Waals surface area contributed by atoms with Gasteiger partial charge in [0, 0.05) is 18.7 Å². The van der Waals surface area contributed by atoms with Crippen LogP contribution in [-0.2, 0) is 16.1 Å². The van der Waals surface area contributed by atoms with E-state index in [4.69, 9.17) is 9.47 Å². The number of aryl methyl sites for hydroxylation is 1. The summed E-state index contributed by atoms with van der Waals surface area (Å²) in [6.45, 7) is 1.94. The maximum atomic E-state index is 12.0. The Bertz CT molecular complexity index is 896. The predicted octanol–water partition coefficient (Wildman–Crippen LogP) is 1.89. The van der Waals surface area contributed by atoms with Crippen LogP contribution >= 0.6 is 0 Å². The van der Waals surface area contributed by atoms with Crippen LogP contribution in [0.1, 0.15) is 11.1 Å². The number of carbonyl (C=O) groups is 2. The van der Waals surface area contributed by atoms with Crippen LogP contribution in [0, 0.1) is 17.0 Å². The summed E-state index contributed by atoms with van der Waals surface area (Å²) in [5, 5.41) is 15.7. The van der Waals surface area contributed by atoms with Crippen LogP contribution < -0.4 is 20.1 Å². The van der Waals surface area contributed by atoms with Gasteiger partial charge in [-0.3, -0.25) is 19.7 Å². The number of nitrogens with one attached hydrogen (secondary N) is 2. The molecule has 134 valence electrons. The van der Waals surface area contributed by atoms with Crippen molar-refractivity contribution in [3.8, 4) is 11.5 Å². The number of nitro groups is 1. The number of nitro benzene ring substituents is 1. The molecule has 0 radical (unpaired) electrons. The number of carbonyl (C=O) groups excluding carboxylic acids is 2. The standard InChI is InChI=1S/C17H15N3O6/c1-10-2-4-12(20(23)24)7-13(10)19-17(22)16(21)18-8-11-3-5-14-15(6-11)26-9-25-14/h2-7H,8-9H2,1H3,(H,18,21)(H,19,22). The van der Waals surface area contributed by atoms with Gasteiger partial charge in [0.2, 0.25) is 6.79 Å². The zero-order chi connectivity index (χ0) is 18.7. The lowest BCUT2D eigenvalue weighted by Crippen LogP contribution is -2.35. The first-order valence-electron chi connectivity index (χ1n) is 7.67. The first-order chi connectivity index (χ1) is 12.4. The van der Waals surface area contributed by atoms with E-state index in [0.717, 1.165) is 5.56 Å². The highest BCUT2D eigenvalue weighted by molar-refractivity contribution is 6.39. The molecule has 9 heteroatoms. The number of ether oxygens (including phenoxy) is 2. The van der Waals surface area contributed by atoms with Crippen LogP contribution in [0.5, 0.6) is 11.5 Å². The van der Waals surface area contributed by atoms with Crippen molar-refractivity contribution >= 4 is 23.2 Å². The third-order valence-corrected chi connectivity index (χ3v) is 3.78. The smallest absolute Gasteiger partial charge is 0.313 e. The summed E-state index contributed by atoms with van der Waals surface area (Å²) in [4.78, 5) is 34.2. The van der Waals surface area contributed by atoms with E-state index in [1.54, 1.807) is 25.1 Å². The molecule has 0 unspecified atom stereocenters. The Morgan fingerprint density at radius 3 is 2.65 bits per heavy atom. The van der Waals surface area contributed by atoms with Crippen LogP contribution in [0.3, 0.4) is 0 Å². The molecule has 0 atom stereocenters. The second-order valence-electron chi connectivity index (χ2n) is 5.58.